The highest BCUT2D eigenvalue weighted by Crippen LogP contribution is 2.42. The highest BCUT2D eigenvalue weighted by molar-refractivity contribution is 6.00. The van der Waals surface area contributed by atoms with Gasteiger partial charge in [0.15, 0.2) is 5.78 Å². The Labute approximate surface area is 119 Å². The Hall–Kier alpha value is -2.73. The number of aliphatic hydroxyl groups is 1. The lowest BCUT2D eigenvalue weighted by atomic mass is 9.92. The van der Waals surface area contributed by atoms with Gasteiger partial charge in [-0.2, -0.15) is 0 Å². The Morgan fingerprint density at radius 3 is 2.38 bits per heavy atom. The molecular weight excluding hydrogens is 276 g/mol. The number of hydrogen-bond donors (Lipinski definition) is 4. The van der Waals surface area contributed by atoms with E-state index in [2.05, 4.69) is 0 Å². The quantitative estimate of drug-likeness (QED) is 0.635. The summed E-state index contributed by atoms with van der Waals surface area (Å²) in [4.78, 5) is 12.1. The Bertz CT molecular complexity index is 739. The standard InChI is InChI=1S/C15H12O6/c16-8-2-4-14-10(5-8)13(19)7-15(20,21-14)11-3-1-9(17)6-12(11)18/h1-6,16-18,20H,7H2. The van der Waals surface area contributed by atoms with Gasteiger partial charge in [-0.05, 0) is 30.3 Å². The Morgan fingerprint density at radius 1 is 1.00 bits per heavy atom. The number of phenolic OH excluding ortho intramolecular Hbond substituents is 3. The van der Waals surface area contributed by atoms with Gasteiger partial charge in [0.1, 0.15) is 23.0 Å². The number of rotatable bonds is 1. The summed E-state index contributed by atoms with van der Waals surface area (Å²) in [6, 6.07) is 7.55. The first-order valence-corrected chi connectivity index (χ1v) is 6.19. The summed E-state index contributed by atoms with van der Waals surface area (Å²) in [6.45, 7) is 0. The average molecular weight is 288 g/mol. The molecule has 0 saturated heterocycles. The van der Waals surface area contributed by atoms with Crippen LogP contribution in [0, 0.1) is 0 Å². The van der Waals surface area contributed by atoms with Gasteiger partial charge in [0.2, 0.25) is 5.79 Å². The van der Waals surface area contributed by atoms with E-state index in [0.717, 1.165) is 6.07 Å². The van der Waals surface area contributed by atoms with Crippen LogP contribution in [0.2, 0.25) is 0 Å². The monoisotopic (exact) mass is 288 g/mol. The van der Waals surface area contributed by atoms with Crippen LogP contribution in [0.4, 0.5) is 0 Å². The fourth-order valence-corrected chi connectivity index (χ4v) is 2.36. The first-order chi connectivity index (χ1) is 9.89. The molecule has 108 valence electrons. The van der Waals surface area contributed by atoms with Crippen molar-refractivity contribution in [2.45, 2.75) is 12.2 Å². The van der Waals surface area contributed by atoms with Gasteiger partial charge >= 0.3 is 0 Å². The highest BCUT2D eigenvalue weighted by Gasteiger charge is 2.42. The van der Waals surface area contributed by atoms with E-state index in [4.69, 9.17) is 4.74 Å². The van der Waals surface area contributed by atoms with Crippen molar-refractivity contribution in [3.63, 3.8) is 0 Å². The Kier molecular flexibility index (Phi) is 2.77. The molecule has 1 aliphatic heterocycles. The topological polar surface area (TPSA) is 107 Å². The van der Waals surface area contributed by atoms with Gasteiger partial charge in [-0.3, -0.25) is 4.79 Å². The third-order valence-corrected chi connectivity index (χ3v) is 3.34. The summed E-state index contributed by atoms with van der Waals surface area (Å²) >= 11 is 0. The third kappa shape index (κ3) is 2.15. The molecule has 0 amide bonds. The molecule has 0 saturated carbocycles. The molecule has 0 fully saturated rings. The van der Waals surface area contributed by atoms with Gasteiger partial charge in [-0.15, -0.1) is 0 Å². The highest BCUT2D eigenvalue weighted by atomic mass is 16.6. The largest absolute Gasteiger partial charge is 0.508 e. The SMILES string of the molecule is O=C1CC(O)(c2ccc(O)cc2O)Oc2ccc(O)cc21. The molecule has 0 bridgehead atoms. The molecule has 6 nitrogen and oxygen atoms in total. The van der Waals surface area contributed by atoms with Crippen LogP contribution >= 0.6 is 0 Å². The minimum absolute atomic E-state index is 0.0209. The maximum atomic E-state index is 12.1. The molecule has 2 aromatic rings. The lowest BCUT2D eigenvalue weighted by Gasteiger charge is -2.33. The molecule has 0 spiro atoms. The molecule has 1 aliphatic rings. The molecular formula is C15H12O6. The lowest BCUT2D eigenvalue weighted by Crippen LogP contribution is -2.39. The second-order valence-electron chi connectivity index (χ2n) is 4.87. The van der Waals surface area contributed by atoms with E-state index >= 15 is 0 Å². The van der Waals surface area contributed by atoms with Gasteiger partial charge in [0.05, 0.1) is 17.5 Å². The zero-order valence-electron chi connectivity index (χ0n) is 10.8. The molecule has 0 aromatic heterocycles. The second kappa shape index (κ2) is 4.39. The van der Waals surface area contributed by atoms with Crippen LogP contribution in [0.3, 0.4) is 0 Å². The van der Waals surface area contributed by atoms with E-state index in [-0.39, 0.29) is 34.1 Å². The number of carbonyl (C=O) groups is 1. The molecule has 0 radical (unpaired) electrons. The van der Waals surface area contributed by atoms with Crippen LogP contribution in [0.1, 0.15) is 22.3 Å². The fraction of sp³-hybridized carbons (Fsp3) is 0.133. The maximum absolute atomic E-state index is 12.1. The predicted octanol–water partition coefficient (Wildman–Crippen LogP) is 1.61. The number of aromatic hydroxyl groups is 3. The first kappa shape index (κ1) is 13.3. The van der Waals surface area contributed by atoms with Gasteiger partial charge in [-0.25, -0.2) is 0 Å². The fourth-order valence-electron chi connectivity index (χ4n) is 2.36. The number of benzene rings is 2. The van der Waals surface area contributed by atoms with Crippen molar-refractivity contribution in [3.8, 4) is 23.0 Å². The van der Waals surface area contributed by atoms with Crippen molar-refractivity contribution < 1.29 is 30.0 Å². The zero-order valence-corrected chi connectivity index (χ0v) is 10.8. The Balaban J connectivity index is 2.08. The number of Topliss-reactive ketones (excluding diaryl/α,β-unsaturated/α-hetero) is 1. The van der Waals surface area contributed by atoms with E-state index in [9.17, 15) is 25.2 Å². The molecule has 1 atom stereocenters. The van der Waals surface area contributed by atoms with Crippen molar-refractivity contribution in [1.29, 1.82) is 0 Å². The van der Waals surface area contributed by atoms with E-state index in [1.807, 2.05) is 0 Å². The van der Waals surface area contributed by atoms with Crippen LogP contribution in [-0.2, 0) is 5.79 Å². The number of hydrogen-bond acceptors (Lipinski definition) is 6. The summed E-state index contributed by atoms with van der Waals surface area (Å²) in [7, 11) is 0. The summed E-state index contributed by atoms with van der Waals surface area (Å²) in [5, 5.41) is 39.1. The van der Waals surface area contributed by atoms with Gasteiger partial charge < -0.3 is 25.2 Å². The molecule has 3 rings (SSSR count). The van der Waals surface area contributed by atoms with Crippen LogP contribution in [0.5, 0.6) is 23.0 Å². The number of phenols is 3. The zero-order chi connectivity index (χ0) is 15.2. The summed E-state index contributed by atoms with van der Waals surface area (Å²) in [6.07, 6.45) is -0.415. The first-order valence-electron chi connectivity index (χ1n) is 6.19. The average Bonchev–Trinajstić information content (AvgIpc) is 2.39. The van der Waals surface area contributed by atoms with Crippen molar-refractivity contribution in [2.75, 3.05) is 0 Å². The number of carbonyl (C=O) groups excluding carboxylic acids is 1. The minimum Gasteiger partial charge on any atom is -0.508 e. The minimum atomic E-state index is -2.03. The van der Waals surface area contributed by atoms with E-state index < -0.39 is 18.0 Å². The molecule has 21 heavy (non-hydrogen) atoms. The van der Waals surface area contributed by atoms with Crippen LogP contribution < -0.4 is 4.74 Å². The number of fused-ring (bicyclic) bond motifs is 1. The van der Waals surface area contributed by atoms with Crippen molar-refractivity contribution >= 4 is 5.78 Å². The van der Waals surface area contributed by atoms with Gasteiger partial charge in [0, 0.05) is 6.07 Å². The lowest BCUT2D eigenvalue weighted by molar-refractivity contribution is -0.148. The van der Waals surface area contributed by atoms with Gasteiger partial charge in [0.25, 0.3) is 0 Å². The van der Waals surface area contributed by atoms with Crippen LogP contribution in [0.25, 0.3) is 0 Å². The van der Waals surface area contributed by atoms with Crippen molar-refractivity contribution in [2.24, 2.45) is 0 Å². The summed E-state index contributed by atoms with van der Waals surface area (Å²) < 4.78 is 5.43. The molecule has 1 unspecified atom stereocenters. The summed E-state index contributed by atoms with van der Waals surface area (Å²) in [5.41, 5.74) is 0.144. The smallest absolute Gasteiger partial charge is 0.245 e. The van der Waals surface area contributed by atoms with Crippen molar-refractivity contribution in [1.82, 2.24) is 0 Å². The molecule has 4 N–H and O–H groups in total. The second-order valence-corrected chi connectivity index (χ2v) is 4.87. The van der Waals surface area contributed by atoms with Crippen molar-refractivity contribution in [3.05, 3.63) is 47.5 Å². The Morgan fingerprint density at radius 2 is 1.67 bits per heavy atom. The normalized spacial score (nSPS) is 20.7. The molecule has 0 aliphatic carbocycles. The molecule has 2 aromatic carbocycles. The van der Waals surface area contributed by atoms with E-state index in [0.29, 0.717) is 0 Å². The van der Waals surface area contributed by atoms with E-state index in [1.165, 1.54) is 30.3 Å². The van der Waals surface area contributed by atoms with Crippen LogP contribution in [0.15, 0.2) is 36.4 Å². The molecule has 1 heterocycles. The van der Waals surface area contributed by atoms with Crippen LogP contribution in [-0.4, -0.2) is 26.2 Å². The van der Waals surface area contributed by atoms with Gasteiger partial charge in [-0.1, -0.05) is 0 Å². The number of ketones is 1. The van der Waals surface area contributed by atoms with E-state index in [1.54, 1.807) is 0 Å². The maximum Gasteiger partial charge on any atom is 0.245 e. The third-order valence-electron chi connectivity index (χ3n) is 3.34. The molecule has 6 heteroatoms. The predicted molar refractivity (Wildman–Crippen MR) is 71.4 cm³/mol. The summed E-state index contributed by atoms with van der Waals surface area (Å²) in [5.74, 6) is -2.98. The number of ether oxygens (including phenoxy) is 1.